The Morgan fingerprint density at radius 2 is 1.78 bits per heavy atom. The highest BCUT2D eigenvalue weighted by molar-refractivity contribution is 8.00. The van der Waals surface area contributed by atoms with Gasteiger partial charge in [-0.05, 0) is 60.9 Å². The van der Waals surface area contributed by atoms with Crippen molar-refractivity contribution in [3.63, 3.8) is 0 Å². The van der Waals surface area contributed by atoms with Crippen molar-refractivity contribution in [1.29, 1.82) is 0 Å². The molecular formula is C24H26N2O4S2. The maximum atomic E-state index is 13.1. The number of nitrogens with zero attached hydrogens (tertiary/aromatic N) is 1. The molecule has 1 saturated heterocycles. The summed E-state index contributed by atoms with van der Waals surface area (Å²) in [6.45, 7) is 3.18. The molecule has 0 unspecified atom stereocenters. The topological polar surface area (TPSA) is 75.7 Å². The summed E-state index contributed by atoms with van der Waals surface area (Å²) in [6.07, 6.45) is 1.71. The monoisotopic (exact) mass is 470 g/mol. The molecule has 0 atom stereocenters. The van der Waals surface area contributed by atoms with E-state index in [2.05, 4.69) is 17.4 Å². The van der Waals surface area contributed by atoms with E-state index in [1.54, 1.807) is 12.1 Å². The first-order valence-corrected chi connectivity index (χ1v) is 13.1. The van der Waals surface area contributed by atoms with Gasteiger partial charge in [-0.25, -0.2) is 8.42 Å². The van der Waals surface area contributed by atoms with Gasteiger partial charge in [0, 0.05) is 23.7 Å². The van der Waals surface area contributed by atoms with E-state index in [0.717, 1.165) is 28.5 Å². The number of thioether (sulfide) groups is 1. The van der Waals surface area contributed by atoms with Crippen molar-refractivity contribution in [3.05, 3.63) is 60.7 Å². The molecule has 1 fully saturated rings. The number of hydrogen-bond donors (Lipinski definition) is 1. The zero-order valence-corrected chi connectivity index (χ0v) is 19.5. The molecule has 1 aliphatic heterocycles. The third-order valence-electron chi connectivity index (χ3n) is 5.30. The molecule has 6 nitrogen and oxygen atoms in total. The Balaban J connectivity index is 1.47. The molecule has 0 aliphatic carbocycles. The van der Waals surface area contributed by atoms with Crippen LogP contribution in [-0.4, -0.2) is 44.1 Å². The van der Waals surface area contributed by atoms with Crippen LogP contribution in [0, 0.1) is 0 Å². The molecule has 1 N–H and O–H groups in total. The highest BCUT2D eigenvalue weighted by Crippen LogP contribution is 2.32. The van der Waals surface area contributed by atoms with Crippen molar-refractivity contribution in [2.24, 2.45) is 0 Å². The van der Waals surface area contributed by atoms with E-state index in [1.165, 1.54) is 22.1 Å². The Hall–Kier alpha value is -2.55. The first kappa shape index (κ1) is 22.6. The maximum Gasteiger partial charge on any atom is 0.246 e. The number of sulfonamides is 1. The fourth-order valence-electron chi connectivity index (χ4n) is 3.73. The van der Waals surface area contributed by atoms with E-state index in [4.69, 9.17) is 4.74 Å². The minimum atomic E-state index is -3.67. The second kappa shape index (κ2) is 9.94. The lowest BCUT2D eigenvalue weighted by molar-refractivity contribution is -0.113. The minimum Gasteiger partial charge on any atom is -0.492 e. The van der Waals surface area contributed by atoms with Crippen LogP contribution in [0.5, 0.6) is 5.75 Å². The van der Waals surface area contributed by atoms with Crippen LogP contribution in [-0.2, 0) is 14.8 Å². The summed E-state index contributed by atoms with van der Waals surface area (Å²) >= 11 is 1.44. The number of carbonyl (C=O) groups excluding carboxylic acids is 1. The van der Waals surface area contributed by atoms with Gasteiger partial charge in [0.05, 0.1) is 12.4 Å². The van der Waals surface area contributed by atoms with Crippen LogP contribution in [0.15, 0.2) is 70.5 Å². The number of ether oxygens (including phenoxy) is 1. The largest absolute Gasteiger partial charge is 0.492 e. The van der Waals surface area contributed by atoms with E-state index in [-0.39, 0.29) is 16.6 Å². The molecule has 8 heteroatoms. The average Bonchev–Trinajstić information content (AvgIpc) is 3.35. The first-order chi connectivity index (χ1) is 15.5. The van der Waals surface area contributed by atoms with Gasteiger partial charge in [0.15, 0.2) is 0 Å². The predicted octanol–water partition coefficient (Wildman–Crippen LogP) is 4.75. The van der Waals surface area contributed by atoms with Crippen LogP contribution in [0.2, 0.25) is 0 Å². The van der Waals surface area contributed by atoms with E-state index >= 15 is 0 Å². The van der Waals surface area contributed by atoms with E-state index in [0.29, 0.717) is 31.1 Å². The second-order valence-corrected chi connectivity index (χ2v) is 10.5. The SMILES string of the molecule is CCOc1ccc(NC(=O)CSc2ccc3ccccc3c2)cc1S(=O)(=O)N1CCCC1. The molecule has 1 amide bonds. The predicted molar refractivity (Wildman–Crippen MR) is 129 cm³/mol. The normalized spacial score (nSPS) is 14.5. The van der Waals surface area contributed by atoms with Crippen molar-refractivity contribution in [1.82, 2.24) is 4.31 Å². The van der Waals surface area contributed by atoms with Gasteiger partial charge in [-0.3, -0.25) is 4.79 Å². The molecule has 0 spiro atoms. The highest BCUT2D eigenvalue weighted by Gasteiger charge is 2.30. The second-order valence-electron chi connectivity index (χ2n) is 7.55. The molecule has 4 rings (SSSR count). The van der Waals surface area contributed by atoms with Crippen molar-refractivity contribution in [3.8, 4) is 5.75 Å². The lowest BCUT2D eigenvalue weighted by Crippen LogP contribution is -2.28. The summed E-state index contributed by atoms with van der Waals surface area (Å²) in [6, 6.07) is 19.0. The number of carbonyl (C=O) groups is 1. The zero-order chi connectivity index (χ0) is 22.6. The average molecular weight is 471 g/mol. The summed E-state index contributed by atoms with van der Waals surface area (Å²) in [5.41, 5.74) is 0.440. The van der Waals surface area contributed by atoms with Gasteiger partial charge in [0.1, 0.15) is 10.6 Å². The van der Waals surface area contributed by atoms with Crippen LogP contribution >= 0.6 is 11.8 Å². The molecule has 32 heavy (non-hydrogen) atoms. The molecule has 0 radical (unpaired) electrons. The quantitative estimate of drug-likeness (QED) is 0.481. The van der Waals surface area contributed by atoms with E-state index < -0.39 is 10.0 Å². The molecule has 0 aromatic heterocycles. The summed E-state index contributed by atoms with van der Waals surface area (Å²) < 4.78 is 33.3. The zero-order valence-electron chi connectivity index (χ0n) is 17.9. The summed E-state index contributed by atoms with van der Waals surface area (Å²) in [5, 5.41) is 5.10. The molecule has 168 valence electrons. The van der Waals surface area contributed by atoms with Crippen LogP contribution in [0.25, 0.3) is 10.8 Å². The first-order valence-electron chi connectivity index (χ1n) is 10.7. The van der Waals surface area contributed by atoms with Crippen molar-refractivity contribution in [2.75, 3.05) is 30.8 Å². The fraction of sp³-hybridized carbons (Fsp3) is 0.292. The smallest absolute Gasteiger partial charge is 0.246 e. The van der Waals surface area contributed by atoms with Gasteiger partial charge < -0.3 is 10.1 Å². The van der Waals surface area contributed by atoms with Gasteiger partial charge in [0.2, 0.25) is 15.9 Å². The molecule has 3 aromatic rings. The number of anilines is 1. The molecule has 0 bridgehead atoms. The van der Waals surface area contributed by atoms with Crippen LogP contribution in [0.4, 0.5) is 5.69 Å². The lowest BCUT2D eigenvalue weighted by Gasteiger charge is -2.19. The Kier molecular flexibility index (Phi) is 7.03. The van der Waals surface area contributed by atoms with Crippen molar-refractivity contribution < 1.29 is 17.9 Å². The maximum absolute atomic E-state index is 13.1. The van der Waals surface area contributed by atoms with Crippen molar-refractivity contribution in [2.45, 2.75) is 29.6 Å². The van der Waals surface area contributed by atoms with Crippen LogP contribution in [0.3, 0.4) is 0 Å². The van der Waals surface area contributed by atoms with E-state index in [9.17, 15) is 13.2 Å². The molecular weight excluding hydrogens is 444 g/mol. The van der Waals surface area contributed by atoms with Gasteiger partial charge in [-0.2, -0.15) is 4.31 Å². The Bertz CT molecular complexity index is 1220. The highest BCUT2D eigenvalue weighted by atomic mass is 32.2. The van der Waals surface area contributed by atoms with Crippen LogP contribution in [0.1, 0.15) is 19.8 Å². The molecule has 1 aliphatic rings. The standard InChI is InChI=1S/C24H26N2O4S2/c1-2-30-22-12-10-20(16-23(22)32(28,29)26-13-5-6-14-26)25-24(27)17-31-21-11-9-18-7-3-4-8-19(18)15-21/h3-4,7-12,15-16H,2,5-6,13-14,17H2,1H3,(H,25,27). The Labute approximate surface area is 193 Å². The Morgan fingerprint density at radius 1 is 1.03 bits per heavy atom. The third-order valence-corrected chi connectivity index (χ3v) is 8.21. The van der Waals surface area contributed by atoms with E-state index in [1.807, 2.05) is 37.3 Å². The number of benzene rings is 3. The number of nitrogens with one attached hydrogen (secondary N) is 1. The molecule has 0 saturated carbocycles. The summed E-state index contributed by atoms with van der Waals surface area (Å²) in [7, 11) is -3.67. The van der Waals surface area contributed by atoms with Gasteiger partial charge in [-0.15, -0.1) is 11.8 Å². The third kappa shape index (κ3) is 5.09. The molecule has 1 heterocycles. The summed E-state index contributed by atoms with van der Waals surface area (Å²) in [4.78, 5) is 13.7. The van der Waals surface area contributed by atoms with Gasteiger partial charge in [-0.1, -0.05) is 30.3 Å². The summed E-state index contributed by atoms with van der Waals surface area (Å²) in [5.74, 6) is 0.333. The fourth-order valence-corrected chi connectivity index (χ4v) is 6.15. The molecule has 3 aromatic carbocycles. The number of rotatable bonds is 8. The van der Waals surface area contributed by atoms with Crippen molar-refractivity contribution >= 4 is 44.2 Å². The number of hydrogen-bond acceptors (Lipinski definition) is 5. The Morgan fingerprint density at radius 3 is 2.53 bits per heavy atom. The van der Waals surface area contributed by atoms with Crippen LogP contribution < -0.4 is 10.1 Å². The van der Waals surface area contributed by atoms with Gasteiger partial charge in [0.25, 0.3) is 0 Å². The number of amides is 1. The number of fused-ring (bicyclic) bond motifs is 1. The minimum absolute atomic E-state index is 0.0984. The lowest BCUT2D eigenvalue weighted by atomic mass is 10.1. The van der Waals surface area contributed by atoms with Gasteiger partial charge >= 0.3 is 0 Å².